The first-order chi connectivity index (χ1) is 13.0. The number of rotatable bonds is 3. The quantitative estimate of drug-likeness (QED) is 0.744. The molecule has 4 rings (SSSR count). The lowest BCUT2D eigenvalue weighted by Crippen LogP contribution is -2.33. The molecule has 0 bridgehead atoms. The summed E-state index contributed by atoms with van der Waals surface area (Å²) in [7, 11) is 3.81. The van der Waals surface area contributed by atoms with Gasteiger partial charge >= 0.3 is 0 Å². The summed E-state index contributed by atoms with van der Waals surface area (Å²) in [5, 5.41) is 3.60. The van der Waals surface area contributed by atoms with Crippen molar-refractivity contribution in [3.05, 3.63) is 63.7 Å². The number of carbonyl (C=O) groups is 1. The molecule has 1 aromatic carbocycles. The Balaban J connectivity index is 1.62. The van der Waals surface area contributed by atoms with E-state index in [1.165, 1.54) is 6.07 Å². The Morgan fingerprint density at radius 3 is 2.93 bits per heavy atom. The van der Waals surface area contributed by atoms with Crippen LogP contribution in [0.15, 0.2) is 41.3 Å². The molecule has 0 saturated carbocycles. The first-order valence-electron chi connectivity index (χ1n) is 8.99. The number of para-hydroxylation sites is 1. The molecule has 7 heteroatoms. The lowest BCUT2D eigenvalue weighted by molar-refractivity contribution is 0.0927. The molecule has 0 radical (unpaired) electrons. The van der Waals surface area contributed by atoms with Crippen molar-refractivity contribution in [1.29, 1.82) is 0 Å². The minimum Gasteiger partial charge on any atom is -0.350 e. The zero-order chi connectivity index (χ0) is 19.0. The van der Waals surface area contributed by atoms with Crippen LogP contribution in [0.4, 0.5) is 5.95 Å². The van der Waals surface area contributed by atoms with E-state index in [9.17, 15) is 9.59 Å². The highest BCUT2D eigenvalue weighted by Crippen LogP contribution is 2.29. The van der Waals surface area contributed by atoms with Crippen LogP contribution in [-0.2, 0) is 6.42 Å². The van der Waals surface area contributed by atoms with Crippen LogP contribution in [-0.4, -0.2) is 35.0 Å². The smallest absolute Gasteiger partial charge is 0.268 e. The third kappa shape index (κ3) is 3.28. The van der Waals surface area contributed by atoms with Crippen LogP contribution in [0.2, 0.25) is 0 Å². The molecule has 2 heterocycles. The lowest BCUT2D eigenvalue weighted by Gasteiger charge is -2.26. The highest BCUT2D eigenvalue weighted by Gasteiger charge is 2.25. The zero-order valence-corrected chi connectivity index (χ0v) is 15.3. The van der Waals surface area contributed by atoms with E-state index in [1.54, 1.807) is 24.4 Å². The van der Waals surface area contributed by atoms with Crippen molar-refractivity contribution in [1.82, 2.24) is 20.3 Å². The van der Waals surface area contributed by atoms with Crippen molar-refractivity contribution in [2.24, 2.45) is 0 Å². The average Bonchev–Trinajstić information content (AvgIpc) is 2.67. The number of anilines is 1. The molecule has 3 aromatic rings. The monoisotopic (exact) mass is 363 g/mol. The molecule has 138 valence electrons. The number of carbonyl (C=O) groups excluding carboxylic acids is 1. The number of nitrogens with one attached hydrogen (secondary N) is 2. The van der Waals surface area contributed by atoms with Crippen LogP contribution in [0.5, 0.6) is 0 Å². The summed E-state index contributed by atoms with van der Waals surface area (Å²) in [6.07, 6.45) is 4.43. The van der Waals surface area contributed by atoms with Gasteiger partial charge in [-0.25, -0.2) is 9.97 Å². The Morgan fingerprint density at radius 2 is 2.11 bits per heavy atom. The number of fused-ring (bicyclic) bond motifs is 2. The van der Waals surface area contributed by atoms with Gasteiger partial charge in [0.1, 0.15) is 5.69 Å². The second-order valence-corrected chi connectivity index (χ2v) is 6.98. The summed E-state index contributed by atoms with van der Waals surface area (Å²) in [5.41, 5.74) is 2.66. The van der Waals surface area contributed by atoms with E-state index in [1.807, 2.05) is 25.1 Å². The van der Waals surface area contributed by atoms with Gasteiger partial charge in [0.2, 0.25) is 5.95 Å². The molecule has 27 heavy (non-hydrogen) atoms. The number of aromatic amines is 1. The summed E-state index contributed by atoms with van der Waals surface area (Å²) in [6, 6.07) is 8.36. The third-order valence-electron chi connectivity index (χ3n) is 4.86. The molecule has 2 aromatic heterocycles. The number of hydrogen-bond donors (Lipinski definition) is 2. The van der Waals surface area contributed by atoms with Crippen molar-refractivity contribution in [3.8, 4) is 0 Å². The normalized spacial score (nSPS) is 16.0. The highest BCUT2D eigenvalue weighted by molar-refractivity contribution is 5.95. The first kappa shape index (κ1) is 17.2. The number of nitrogens with zero attached hydrogens (tertiary/aromatic N) is 3. The van der Waals surface area contributed by atoms with Gasteiger partial charge in [0.05, 0.1) is 11.7 Å². The molecule has 2 N–H and O–H groups in total. The minimum absolute atomic E-state index is 0.160. The van der Waals surface area contributed by atoms with Gasteiger partial charge in [-0.05, 0) is 31.4 Å². The van der Waals surface area contributed by atoms with Gasteiger partial charge in [-0.1, -0.05) is 12.1 Å². The fraction of sp³-hybridized carbons (Fsp3) is 0.300. The standard InChI is InChI=1S/C20H21N5O2/c1-25(2)20-21-11-13-15(8-5-9-16(13)24-20)23-19(27)17-10-18(26)12-6-3-4-7-14(12)22-17/h3-4,6-7,10-11,15H,5,8-9H2,1-2H3,(H,22,26)(H,23,27)/t15-/m1/s1. The average molecular weight is 363 g/mol. The molecular formula is C20H21N5O2. The van der Waals surface area contributed by atoms with Gasteiger partial charge in [0.25, 0.3) is 5.91 Å². The third-order valence-corrected chi connectivity index (χ3v) is 4.86. The van der Waals surface area contributed by atoms with Crippen molar-refractivity contribution in [3.63, 3.8) is 0 Å². The van der Waals surface area contributed by atoms with Gasteiger partial charge in [-0.3, -0.25) is 9.59 Å². The number of aryl methyl sites for hydroxylation is 1. The lowest BCUT2D eigenvalue weighted by atomic mass is 9.92. The maximum absolute atomic E-state index is 12.8. The van der Waals surface area contributed by atoms with Crippen molar-refractivity contribution in [2.45, 2.75) is 25.3 Å². The molecule has 0 aliphatic heterocycles. The first-order valence-corrected chi connectivity index (χ1v) is 8.99. The highest BCUT2D eigenvalue weighted by atomic mass is 16.2. The Morgan fingerprint density at radius 1 is 1.30 bits per heavy atom. The predicted octanol–water partition coefficient (Wildman–Crippen LogP) is 2.19. The summed E-state index contributed by atoms with van der Waals surface area (Å²) in [5.74, 6) is 0.368. The van der Waals surface area contributed by atoms with Crippen LogP contribution in [0.25, 0.3) is 10.9 Å². The topological polar surface area (TPSA) is 91.0 Å². The Kier molecular flexibility index (Phi) is 4.35. The molecule has 1 aliphatic rings. The summed E-state index contributed by atoms with van der Waals surface area (Å²) >= 11 is 0. The molecule has 0 unspecified atom stereocenters. The Labute approximate surface area is 156 Å². The van der Waals surface area contributed by atoms with E-state index < -0.39 is 0 Å². The van der Waals surface area contributed by atoms with Gasteiger partial charge in [0, 0.05) is 42.8 Å². The van der Waals surface area contributed by atoms with Gasteiger partial charge in [-0.2, -0.15) is 0 Å². The summed E-state index contributed by atoms with van der Waals surface area (Å²) in [4.78, 5) is 38.9. The van der Waals surface area contributed by atoms with E-state index in [0.29, 0.717) is 16.9 Å². The van der Waals surface area contributed by atoms with Gasteiger partial charge in [-0.15, -0.1) is 0 Å². The number of benzene rings is 1. The minimum atomic E-state index is -0.299. The largest absolute Gasteiger partial charge is 0.350 e. The summed E-state index contributed by atoms with van der Waals surface area (Å²) in [6.45, 7) is 0. The Bertz CT molecular complexity index is 1070. The molecule has 0 saturated heterocycles. The molecule has 1 atom stereocenters. The van der Waals surface area contributed by atoms with Gasteiger partial charge in [0.15, 0.2) is 5.43 Å². The van der Waals surface area contributed by atoms with E-state index in [2.05, 4.69) is 20.3 Å². The predicted molar refractivity (Wildman–Crippen MR) is 104 cm³/mol. The van der Waals surface area contributed by atoms with Crippen molar-refractivity contribution in [2.75, 3.05) is 19.0 Å². The summed E-state index contributed by atoms with van der Waals surface area (Å²) < 4.78 is 0. The van der Waals surface area contributed by atoms with E-state index in [0.717, 1.165) is 30.5 Å². The van der Waals surface area contributed by atoms with Gasteiger partial charge < -0.3 is 15.2 Å². The number of H-pyrrole nitrogens is 1. The molecular weight excluding hydrogens is 342 g/mol. The van der Waals surface area contributed by atoms with Crippen LogP contribution in [0, 0.1) is 0 Å². The molecule has 0 fully saturated rings. The fourth-order valence-corrected chi connectivity index (χ4v) is 3.46. The van der Waals surface area contributed by atoms with Crippen molar-refractivity contribution >= 4 is 22.8 Å². The van der Waals surface area contributed by atoms with E-state index in [-0.39, 0.29) is 23.1 Å². The number of aromatic nitrogens is 3. The SMILES string of the molecule is CN(C)c1ncc2c(n1)CCC[C@H]2NC(=O)c1cc(=O)c2ccccc2[nH]1. The number of amides is 1. The Hall–Kier alpha value is -3.22. The van der Waals surface area contributed by atoms with Crippen LogP contribution in [0.3, 0.4) is 0 Å². The molecule has 0 spiro atoms. The molecule has 7 nitrogen and oxygen atoms in total. The number of hydrogen-bond acceptors (Lipinski definition) is 5. The van der Waals surface area contributed by atoms with Crippen molar-refractivity contribution < 1.29 is 4.79 Å². The second kappa shape index (κ2) is 6.83. The molecule has 1 aliphatic carbocycles. The maximum Gasteiger partial charge on any atom is 0.268 e. The zero-order valence-electron chi connectivity index (χ0n) is 15.3. The maximum atomic E-state index is 12.8. The van der Waals surface area contributed by atoms with Crippen LogP contribution in [0.1, 0.15) is 40.6 Å². The molecule has 1 amide bonds. The van der Waals surface area contributed by atoms with Crippen LogP contribution < -0.4 is 15.6 Å². The van der Waals surface area contributed by atoms with E-state index in [4.69, 9.17) is 0 Å². The fourth-order valence-electron chi connectivity index (χ4n) is 3.46. The van der Waals surface area contributed by atoms with Crippen LogP contribution >= 0.6 is 0 Å². The number of pyridine rings is 1. The second-order valence-electron chi connectivity index (χ2n) is 6.98. The van der Waals surface area contributed by atoms with E-state index >= 15 is 0 Å².